The molecule has 1 aromatic rings. The number of piperazine rings is 1. The summed E-state index contributed by atoms with van der Waals surface area (Å²) in [7, 11) is 0. The SMILES string of the molecule is O=C1CCC(C(=O)N2CCC3(CC2)CC3C(=O)N2CCN(CC=Cc3ccccc3)CC2)=NN1. The highest BCUT2D eigenvalue weighted by Crippen LogP contribution is 2.60. The number of nitrogens with zero attached hydrogens (tertiary/aromatic N) is 4. The molecule has 0 radical (unpaired) electrons. The first kappa shape index (κ1) is 22.8. The molecule has 5 rings (SSSR count). The quantitative estimate of drug-likeness (QED) is 0.721. The number of hydrogen-bond acceptors (Lipinski definition) is 5. The molecule has 3 heterocycles. The van der Waals surface area contributed by atoms with Gasteiger partial charge in [0.25, 0.3) is 5.91 Å². The van der Waals surface area contributed by atoms with Crippen molar-refractivity contribution in [2.24, 2.45) is 16.4 Å². The van der Waals surface area contributed by atoms with Crippen molar-refractivity contribution >= 4 is 29.5 Å². The normalized spacial score (nSPS) is 24.8. The lowest BCUT2D eigenvalue weighted by molar-refractivity contribution is -0.135. The van der Waals surface area contributed by atoms with E-state index in [0.717, 1.165) is 52.0 Å². The Kier molecular flexibility index (Phi) is 6.50. The maximum absolute atomic E-state index is 13.2. The smallest absolute Gasteiger partial charge is 0.270 e. The van der Waals surface area contributed by atoms with Crippen molar-refractivity contribution in [3.63, 3.8) is 0 Å². The van der Waals surface area contributed by atoms with E-state index in [0.29, 0.717) is 37.6 Å². The van der Waals surface area contributed by atoms with Gasteiger partial charge in [0, 0.05) is 64.6 Å². The van der Waals surface area contributed by atoms with Crippen LogP contribution in [0.2, 0.25) is 0 Å². The van der Waals surface area contributed by atoms with E-state index in [1.54, 1.807) is 0 Å². The van der Waals surface area contributed by atoms with Gasteiger partial charge in [-0.25, -0.2) is 5.43 Å². The molecule has 4 aliphatic rings. The highest BCUT2D eigenvalue weighted by atomic mass is 16.2. The van der Waals surface area contributed by atoms with Crippen LogP contribution in [0.4, 0.5) is 0 Å². The third kappa shape index (κ3) is 4.92. The number of piperidine rings is 1. The van der Waals surface area contributed by atoms with Gasteiger partial charge in [0.2, 0.25) is 11.8 Å². The van der Waals surface area contributed by atoms with Gasteiger partial charge >= 0.3 is 0 Å². The van der Waals surface area contributed by atoms with Gasteiger partial charge in [0.15, 0.2) is 0 Å². The number of likely N-dealkylation sites (tertiary alicyclic amines) is 1. The first-order valence-corrected chi connectivity index (χ1v) is 12.4. The van der Waals surface area contributed by atoms with E-state index in [9.17, 15) is 14.4 Å². The summed E-state index contributed by atoms with van der Waals surface area (Å²) in [5, 5.41) is 3.94. The summed E-state index contributed by atoms with van der Waals surface area (Å²) in [5.41, 5.74) is 4.13. The molecule has 180 valence electrons. The fourth-order valence-corrected chi connectivity index (χ4v) is 5.49. The van der Waals surface area contributed by atoms with Crippen molar-refractivity contribution in [3.8, 4) is 0 Å². The van der Waals surface area contributed by atoms with E-state index in [1.807, 2.05) is 28.0 Å². The molecule has 34 heavy (non-hydrogen) atoms. The topological polar surface area (TPSA) is 85.3 Å². The van der Waals surface area contributed by atoms with Crippen LogP contribution in [0, 0.1) is 11.3 Å². The number of hydrogen-bond donors (Lipinski definition) is 1. The second kappa shape index (κ2) is 9.70. The van der Waals surface area contributed by atoms with Gasteiger partial charge in [-0.15, -0.1) is 0 Å². The van der Waals surface area contributed by atoms with Crippen molar-refractivity contribution < 1.29 is 14.4 Å². The van der Waals surface area contributed by atoms with E-state index in [1.165, 1.54) is 5.56 Å². The number of nitrogens with one attached hydrogen (secondary N) is 1. The molecule has 8 nitrogen and oxygen atoms in total. The van der Waals surface area contributed by atoms with Gasteiger partial charge in [0.05, 0.1) is 0 Å². The summed E-state index contributed by atoms with van der Waals surface area (Å²) in [5.74, 6) is 0.202. The van der Waals surface area contributed by atoms with Gasteiger partial charge < -0.3 is 9.80 Å². The van der Waals surface area contributed by atoms with Crippen LogP contribution in [0.3, 0.4) is 0 Å². The highest BCUT2D eigenvalue weighted by Gasteiger charge is 2.59. The minimum Gasteiger partial charge on any atom is -0.340 e. The molecule has 3 fully saturated rings. The number of benzene rings is 1. The van der Waals surface area contributed by atoms with Crippen LogP contribution >= 0.6 is 0 Å². The first-order chi connectivity index (χ1) is 16.5. The molecule has 1 atom stereocenters. The van der Waals surface area contributed by atoms with E-state index < -0.39 is 0 Å². The van der Waals surface area contributed by atoms with Crippen molar-refractivity contribution in [1.82, 2.24) is 20.1 Å². The summed E-state index contributed by atoms with van der Waals surface area (Å²) >= 11 is 0. The molecule has 1 aromatic carbocycles. The summed E-state index contributed by atoms with van der Waals surface area (Å²) < 4.78 is 0. The Morgan fingerprint density at radius 3 is 2.41 bits per heavy atom. The molecule has 1 spiro atoms. The molecule has 2 saturated heterocycles. The molecule has 0 bridgehead atoms. The summed E-state index contributed by atoms with van der Waals surface area (Å²) in [4.78, 5) is 43.4. The monoisotopic (exact) mass is 463 g/mol. The zero-order valence-corrected chi connectivity index (χ0v) is 19.6. The standard InChI is InChI=1S/C26H33N5O3/c32-23-9-8-22(27-28-23)25(34)30-13-10-26(11-14-30)19-21(26)24(33)31-17-15-29(16-18-31)12-4-7-20-5-2-1-3-6-20/h1-7,21H,8-19H2,(H,28,32). The Hall–Kier alpha value is -3.00. The van der Waals surface area contributed by atoms with Crippen molar-refractivity contribution in [2.45, 2.75) is 32.1 Å². The van der Waals surface area contributed by atoms with Crippen molar-refractivity contribution in [2.75, 3.05) is 45.8 Å². The molecule has 3 amide bonds. The van der Waals surface area contributed by atoms with E-state index in [2.05, 4.69) is 39.7 Å². The molecular weight excluding hydrogens is 430 g/mol. The zero-order valence-electron chi connectivity index (χ0n) is 19.6. The van der Waals surface area contributed by atoms with Crippen LogP contribution in [0.15, 0.2) is 41.5 Å². The number of carbonyl (C=O) groups is 3. The van der Waals surface area contributed by atoms with Crippen LogP contribution < -0.4 is 5.43 Å². The van der Waals surface area contributed by atoms with Gasteiger partial charge in [-0.1, -0.05) is 42.5 Å². The Labute approximate surface area is 200 Å². The maximum atomic E-state index is 13.2. The molecule has 1 aliphatic carbocycles. The Bertz CT molecular complexity index is 989. The minimum atomic E-state index is -0.141. The third-order valence-corrected chi connectivity index (χ3v) is 7.84. The fraction of sp³-hybridized carbons (Fsp3) is 0.538. The predicted octanol–water partition coefficient (Wildman–Crippen LogP) is 1.74. The molecule has 1 N–H and O–H groups in total. The minimum absolute atomic E-state index is 0.0733. The van der Waals surface area contributed by atoms with Crippen LogP contribution in [-0.2, 0) is 14.4 Å². The first-order valence-electron chi connectivity index (χ1n) is 12.4. The number of hydrazone groups is 1. The number of carbonyl (C=O) groups excluding carboxylic acids is 3. The second-order valence-electron chi connectivity index (χ2n) is 9.94. The van der Waals surface area contributed by atoms with Gasteiger partial charge in [-0.3, -0.25) is 19.3 Å². The van der Waals surface area contributed by atoms with Crippen LogP contribution in [0.1, 0.15) is 37.7 Å². The lowest BCUT2D eigenvalue weighted by Gasteiger charge is -2.36. The predicted molar refractivity (Wildman–Crippen MR) is 130 cm³/mol. The lowest BCUT2D eigenvalue weighted by atomic mass is 9.90. The molecule has 0 aromatic heterocycles. The largest absolute Gasteiger partial charge is 0.340 e. The lowest BCUT2D eigenvalue weighted by Crippen LogP contribution is -2.50. The fourth-order valence-electron chi connectivity index (χ4n) is 5.49. The Balaban J connectivity index is 1.05. The maximum Gasteiger partial charge on any atom is 0.270 e. The van der Waals surface area contributed by atoms with Crippen LogP contribution in [0.5, 0.6) is 0 Å². The second-order valence-corrected chi connectivity index (χ2v) is 9.94. The third-order valence-electron chi connectivity index (χ3n) is 7.84. The summed E-state index contributed by atoms with van der Waals surface area (Å²) in [6.07, 6.45) is 7.77. The van der Waals surface area contributed by atoms with Crippen molar-refractivity contribution in [3.05, 3.63) is 42.0 Å². The van der Waals surface area contributed by atoms with E-state index >= 15 is 0 Å². The Morgan fingerprint density at radius 1 is 1.00 bits per heavy atom. The van der Waals surface area contributed by atoms with E-state index in [4.69, 9.17) is 0 Å². The molecule has 3 aliphatic heterocycles. The average Bonchev–Trinajstić information content (AvgIpc) is 3.58. The average molecular weight is 464 g/mol. The van der Waals surface area contributed by atoms with E-state index in [-0.39, 0.29) is 23.1 Å². The molecular formula is C26H33N5O3. The van der Waals surface area contributed by atoms with Gasteiger partial charge in [0.1, 0.15) is 5.71 Å². The molecule has 1 saturated carbocycles. The summed E-state index contributed by atoms with van der Waals surface area (Å²) in [6.45, 7) is 5.63. The van der Waals surface area contributed by atoms with Gasteiger partial charge in [-0.2, -0.15) is 5.10 Å². The Morgan fingerprint density at radius 2 is 1.74 bits per heavy atom. The van der Waals surface area contributed by atoms with Gasteiger partial charge in [-0.05, 0) is 30.2 Å². The molecule has 1 unspecified atom stereocenters. The van der Waals surface area contributed by atoms with Crippen molar-refractivity contribution in [1.29, 1.82) is 0 Å². The molecule has 8 heteroatoms. The van der Waals surface area contributed by atoms with Crippen LogP contribution in [-0.4, -0.2) is 83.9 Å². The summed E-state index contributed by atoms with van der Waals surface area (Å²) in [6, 6.07) is 10.3. The number of amides is 3. The van der Waals surface area contributed by atoms with Crippen LogP contribution in [0.25, 0.3) is 6.08 Å². The zero-order chi connectivity index (χ0) is 23.5. The number of rotatable bonds is 5. The highest BCUT2D eigenvalue weighted by molar-refractivity contribution is 6.39.